The highest BCUT2D eigenvalue weighted by molar-refractivity contribution is 7.89. The third-order valence-electron chi connectivity index (χ3n) is 3.67. The van der Waals surface area contributed by atoms with Crippen molar-refractivity contribution >= 4 is 16.0 Å². The second-order valence-electron chi connectivity index (χ2n) is 5.03. The summed E-state index contributed by atoms with van der Waals surface area (Å²) in [7, 11) is -3.26. The van der Waals surface area contributed by atoms with Crippen LogP contribution in [0.5, 0.6) is 0 Å². The molecular weight excluding hydrogens is 320 g/mol. The fourth-order valence-electron chi connectivity index (χ4n) is 2.66. The van der Waals surface area contributed by atoms with Gasteiger partial charge in [-0.25, -0.2) is 17.2 Å². The van der Waals surface area contributed by atoms with Gasteiger partial charge in [0.15, 0.2) is 5.54 Å². The lowest BCUT2D eigenvalue weighted by molar-refractivity contribution is -0.150. The first-order valence-electron chi connectivity index (χ1n) is 6.46. The molecule has 1 aliphatic heterocycles. The number of hydrogen-bond donors (Lipinski definition) is 1. The summed E-state index contributed by atoms with van der Waals surface area (Å²) < 4.78 is 57.8. The van der Waals surface area contributed by atoms with Crippen LogP contribution < -0.4 is 0 Å². The number of carboxylic acids is 1. The minimum atomic E-state index is -4.51. The molecule has 122 valence electrons. The van der Waals surface area contributed by atoms with Crippen LogP contribution in [-0.2, 0) is 19.6 Å². The normalized spacial score (nSPS) is 22.9. The summed E-state index contributed by atoms with van der Waals surface area (Å²) in [5.41, 5.74) is -1.81. The molecule has 0 aliphatic carbocycles. The first-order chi connectivity index (χ1) is 10.3. The summed E-state index contributed by atoms with van der Waals surface area (Å²) in [5.74, 6) is -3.44. The number of carbonyl (C=O) groups is 1. The van der Waals surface area contributed by atoms with Crippen LogP contribution in [0.1, 0.15) is 12.8 Å². The van der Waals surface area contributed by atoms with Crippen LogP contribution in [0.3, 0.4) is 0 Å². The zero-order valence-electron chi connectivity index (χ0n) is 11.8. The van der Waals surface area contributed by atoms with Crippen molar-refractivity contribution < 1.29 is 31.8 Å². The number of ether oxygens (including phenoxy) is 1. The molecule has 0 spiro atoms. The van der Waals surface area contributed by atoms with Crippen molar-refractivity contribution in [2.45, 2.75) is 23.3 Å². The average Bonchev–Trinajstić information content (AvgIpc) is 2.87. The predicted octanol–water partition coefficient (Wildman–Crippen LogP) is 1.22. The molecule has 1 unspecified atom stereocenters. The van der Waals surface area contributed by atoms with Crippen molar-refractivity contribution in [3.05, 3.63) is 29.8 Å². The van der Waals surface area contributed by atoms with Crippen LogP contribution in [0, 0.1) is 11.6 Å². The lowest BCUT2D eigenvalue weighted by Gasteiger charge is -2.33. The van der Waals surface area contributed by atoms with Gasteiger partial charge in [-0.3, -0.25) is 4.79 Å². The fourth-order valence-corrected chi connectivity index (χ4v) is 4.52. The maximum absolute atomic E-state index is 13.8. The predicted molar refractivity (Wildman–Crippen MR) is 71.7 cm³/mol. The maximum atomic E-state index is 13.8. The van der Waals surface area contributed by atoms with Crippen molar-refractivity contribution in [3.63, 3.8) is 0 Å². The van der Waals surface area contributed by atoms with E-state index >= 15 is 0 Å². The monoisotopic (exact) mass is 335 g/mol. The molecule has 1 saturated heterocycles. The maximum Gasteiger partial charge on any atom is 0.327 e. The van der Waals surface area contributed by atoms with E-state index in [1.165, 1.54) is 7.11 Å². The van der Waals surface area contributed by atoms with Gasteiger partial charge in [-0.1, -0.05) is 0 Å². The SMILES string of the molecule is COCC1(C(=O)O)CCCN1S(=O)(=O)c1cc(F)ccc1F. The van der Waals surface area contributed by atoms with Crippen LogP contribution in [0.4, 0.5) is 8.78 Å². The molecule has 0 bridgehead atoms. The number of rotatable bonds is 5. The lowest BCUT2D eigenvalue weighted by atomic mass is 9.99. The smallest absolute Gasteiger partial charge is 0.327 e. The van der Waals surface area contributed by atoms with Gasteiger partial charge in [0.05, 0.1) is 6.61 Å². The van der Waals surface area contributed by atoms with E-state index < -0.39 is 38.1 Å². The number of halogens is 2. The molecule has 0 saturated carbocycles. The fraction of sp³-hybridized carbons (Fsp3) is 0.462. The summed E-state index contributed by atoms with van der Waals surface area (Å²) in [6.45, 7) is -0.480. The molecule has 1 fully saturated rings. The third kappa shape index (κ3) is 2.59. The Morgan fingerprint density at radius 3 is 2.73 bits per heavy atom. The minimum Gasteiger partial charge on any atom is -0.480 e. The Hall–Kier alpha value is -1.58. The van der Waals surface area contributed by atoms with Gasteiger partial charge < -0.3 is 9.84 Å². The molecule has 1 N–H and O–H groups in total. The van der Waals surface area contributed by atoms with Crippen LogP contribution in [0.25, 0.3) is 0 Å². The number of benzene rings is 1. The van der Waals surface area contributed by atoms with Crippen molar-refractivity contribution in [1.29, 1.82) is 0 Å². The highest BCUT2D eigenvalue weighted by Crippen LogP contribution is 2.36. The Morgan fingerprint density at radius 2 is 2.14 bits per heavy atom. The summed E-state index contributed by atoms with van der Waals surface area (Å²) in [4.78, 5) is 10.7. The molecule has 1 atom stereocenters. The van der Waals surface area contributed by atoms with Crippen molar-refractivity contribution in [2.24, 2.45) is 0 Å². The standard InChI is InChI=1S/C13H15F2NO5S/c1-21-8-13(12(17)18)5-2-6-16(13)22(19,20)11-7-9(14)3-4-10(11)15/h3-4,7H,2,5-6,8H2,1H3,(H,17,18). The summed E-state index contributed by atoms with van der Waals surface area (Å²) >= 11 is 0. The highest BCUT2D eigenvalue weighted by Gasteiger charge is 2.54. The van der Waals surface area contributed by atoms with Gasteiger partial charge in [-0.2, -0.15) is 4.31 Å². The van der Waals surface area contributed by atoms with Gasteiger partial charge in [0.2, 0.25) is 10.0 Å². The second-order valence-corrected chi connectivity index (χ2v) is 6.86. The Balaban J connectivity index is 2.56. The van der Waals surface area contributed by atoms with E-state index in [4.69, 9.17) is 4.74 Å². The van der Waals surface area contributed by atoms with Gasteiger partial charge in [0.25, 0.3) is 0 Å². The van der Waals surface area contributed by atoms with E-state index in [9.17, 15) is 27.1 Å². The Labute approximate surface area is 126 Å². The molecule has 0 aromatic heterocycles. The van der Waals surface area contributed by atoms with E-state index in [0.717, 1.165) is 6.07 Å². The van der Waals surface area contributed by atoms with E-state index in [1.54, 1.807) is 0 Å². The first kappa shape index (κ1) is 16.8. The van der Waals surface area contributed by atoms with E-state index in [2.05, 4.69) is 0 Å². The molecule has 1 aromatic rings. The van der Waals surface area contributed by atoms with Gasteiger partial charge in [0.1, 0.15) is 16.5 Å². The van der Waals surface area contributed by atoms with E-state index in [-0.39, 0.29) is 26.0 Å². The molecule has 1 aliphatic rings. The Morgan fingerprint density at radius 1 is 1.45 bits per heavy atom. The zero-order chi connectivity index (χ0) is 16.5. The number of hydrogen-bond acceptors (Lipinski definition) is 4. The quantitative estimate of drug-likeness (QED) is 0.875. The summed E-state index contributed by atoms with van der Waals surface area (Å²) in [5, 5.41) is 9.45. The summed E-state index contributed by atoms with van der Waals surface area (Å²) in [6, 6.07) is 2.03. The molecule has 0 amide bonds. The Bertz CT molecular complexity index is 694. The molecule has 1 aromatic carbocycles. The first-order valence-corrected chi connectivity index (χ1v) is 7.90. The van der Waals surface area contributed by atoms with Crippen LogP contribution in [0.15, 0.2) is 23.1 Å². The number of carboxylic acid groups (broad SMARTS) is 1. The number of aliphatic carboxylic acids is 1. The van der Waals surface area contributed by atoms with Crippen LogP contribution in [0.2, 0.25) is 0 Å². The van der Waals surface area contributed by atoms with Crippen molar-refractivity contribution in [1.82, 2.24) is 4.31 Å². The zero-order valence-corrected chi connectivity index (χ0v) is 12.6. The lowest BCUT2D eigenvalue weighted by Crippen LogP contribution is -2.56. The van der Waals surface area contributed by atoms with Gasteiger partial charge in [-0.15, -0.1) is 0 Å². The van der Waals surface area contributed by atoms with Gasteiger partial charge in [-0.05, 0) is 31.0 Å². The van der Waals surface area contributed by atoms with Gasteiger partial charge >= 0.3 is 5.97 Å². The van der Waals surface area contributed by atoms with Crippen molar-refractivity contribution in [3.8, 4) is 0 Å². The summed E-state index contributed by atoms with van der Waals surface area (Å²) in [6.07, 6.45) is 0.318. The number of methoxy groups -OCH3 is 1. The molecule has 2 rings (SSSR count). The van der Waals surface area contributed by atoms with E-state index in [1.807, 2.05) is 0 Å². The molecule has 22 heavy (non-hydrogen) atoms. The van der Waals surface area contributed by atoms with E-state index in [0.29, 0.717) is 16.4 Å². The second kappa shape index (κ2) is 5.90. The number of sulfonamides is 1. The molecule has 9 heteroatoms. The van der Waals surface area contributed by atoms with Crippen LogP contribution in [-0.4, -0.2) is 49.6 Å². The van der Waals surface area contributed by atoms with Gasteiger partial charge in [0, 0.05) is 13.7 Å². The molecule has 0 radical (unpaired) electrons. The topological polar surface area (TPSA) is 83.9 Å². The van der Waals surface area contributed by atoms with Crippen LogP contribution >= 0.6 is 0 Å². The highest BCUT2D eigenvalue weighted by atomic mass is 32.2. The molecular formula is C13H15F2NO5S. The largest absolute Gasteiger partial charge is 0.480 e. The average molecular weight is 335 g/mol. The minimum absolute atomic E-state index is 0.0341. The molecule has 1 heterocycles. The number of nitrogens with zero attached hydrogens (tertiary/aromatic N) is 1. The van der Waals surface area contributed by atoms with Crippen molar-refractivity contribution in [2.75, 3.05) is 20.3 Å². The Kier molecular flexibility index (Phi) is 4.50. The third-order valence-corrected chi connectivity index (χ3v) is 5.65. The molecule has 6 nitrogen and oxygen atoms in total.